The molecule has 0 spiro atoms. The number of anilines is 1. The number of nitrogens with zero attached hydrogens (tertiary/aromatic N) is 3. The molecule has 8 nitrogen and oxygen atoms in total. The van der Waals surface area contributed by atoms with Gasteiger partial charge in [0.1, 0.15) is 5.75 Å². The van der Waals surface area contributed by atoms with E-state index in [0.29, 0.717) is 22.3 Å². The van der Waals surface area contributed by atoms with E-state index < -0.39 is 0 Å². The van der Waals surface area contributed by atoms with E-state index in [1.54, 1.807) is 35.9 Å². The van der Waals surface area contributed by atoms with E-state index in [1.165, 1.54) is 11.8 Å². The SMILES string of the molecule is COc1ccc(C(=O)NC(C)c2nnc(SCC(=O)Nc3cccc(C)c3C)n2C)cc1. The summed E-state index contributed by atoms with van der Waals surface area (Å²) >= 11 is 1.29. The molecular formula is C23H27N5O3S. The zero-order valence-electron chi connectivity index (χ0n) is 18.8. The minimum Gasteiger partial charge on any atom is -0.497 e. The molecule has 0 saturated heterocycles. The zero-order chi connectivity index (χ0) is 23.3. The Morgan fingerprint density at radius 3 is 2.53 bits per heavy atom. The van der Waals surface area contributed by atoms with Crippen LogP contribution in [0.3, 0.4) is 0 Å². The van der Waals surface area contributed by atoms with Crippen LogP contribution in [0.25, 0.3) is 0 Å². The lowest BCUT2D eigenvalue weighted by molar-refractivity contribution is -0.113. The van der Waals surface area contributed by atoms with Crippen molar-refractivity contribution in [3.63, 3.8) is 0 Å². The summed E-state index contributed by atoms with van der Waals surface area (Å²) in [6.07, 6.45) is 0. The van der Waals surface area contributed by atoms with E-state index in [0.717, 1.165) is 16.8 Å². The van der Waals surface area contributed by atoms with Gasteiger partial charge in [-0.1, -0.05) is 23.9 Å². The van der Waals surface area contributed by atoms with Crippen molar-refractivity contribution < 1.29 is 14.3 Å². The van der Waals surface area contributed by atoms with Gasteiger partial charge in [-0.15, -0.1) is 10.2 Å². The molecule has 9 heteroatoms. The number of hydrogen-bond donors (Lipinski definition) is 2. The van der Waals surface area contributed by atoms with Crippen LogP contribution >= 0.6 is 11.8 Å². The molecule has 2 aromatic carbocycles. The van der Waals surface area contributed by atoms with Crippen molar-refractivity contribution in [1.29, 1.82) is 0 Å². The first kappa shape index (κ1) is 23.3. The second kappa shape index (κ2) is 10.3. The highest BCUT2D eigenvalue weighted by molar-refractivity contribution is 7.99. The van der Waals surface area contributed by atoms with E-state index in [-0.39, 0.29) is 23.6 Å². The third-order valence-corrected chi connectivity index (χ3v) is 6.19. The molecule has 0 aliphatic carbocycles. The van der Waals surface area contributed by atoms with Crippen LogP contribution in [0.1, 0.15) is 40.3 Å². The number of aryl methyl sites for hydroxylation is 1. The van der Waals surface area contributed by atoms with Gasteiger partial charge in [0.2, 0.25) is 5.91 Å². The van der Waals surface area contributed by atoms with Crippen molar-refractivity contribution >= 4 is 29.3 Å². The summed E-state index contributed by atoms with van der Waals surface area (Å²) in [5, 5.41) is 14.8. The Morgan fingerprint density at radius 1 is 1.12 bits per heavy atom. The Morgan fingerprint density at radius 2 is 1.84 bits per heavy atom. The fourth-order valence-electron chi connectivity index (χ4n) is 3.12. The Hall–Kier alpha value is -3.33. The van der Waals surface area contributed by atoms with E-state index in [9.17, 15) is 9.59 Å². The summed E-state index contributed by atoms with van der Waals surface area (Å²) in [6.45, 7) is 5.83. The lowest BCUT2D eigenvalue weighted by Crippen LogP contribution is -2.28. The van der Waals surface area contributed by atoms with Crippen molar-refractivity contribution in [2.75, 3.05) is 18.2 Å². The Bertz CT molecular complexity index is 1110. The summed E-state index contributed by atoms with van der Waals surface area (Å²) < 4.78 is 6.90. The third kappa shape index (κ3) is 5.47. The molecule has 2 N–H and O–H groups in total. The van der Waals surface area contributed by atoms with E-state index in [4.69, 9.17) is 4.74 Å². The predicted molar refractivity (Wildman–Crippen MR) is 125 cm³/mol. The average Bonchev–Trinajstić information content (AvgIpc) is 3.16. The number of methoxy groups -OCH3 is 1. The normalized spacial score (nSPS) is 11.7. The van der Waals surface area contributed by atoms with Crippen molar-refractivity contribution in [3.05, 3.63) is 65.0 Å². The maximum Gasteiger partial charge on any atom is 0.251 e. The first-order valence-corrected chi connectivity index (χ1v) is 11.1. The number of benzene rings is 2. The van der Waals surface area contributed by atoms with Gasteiger partial charge in [0.15, 0.2) is 11.0 Å². The van der Waals surface area contributed by atoms with Gasteiger partial charge in [-0.3, -0.25) is 9.59 Å². The second-order valence-electron chi connectivity index (χ2n) is 7.41. The monoisotopic (exact) mass is 453 g/mol. The summed E-state index contributed by atoms with van der Waals surface area (Å²) in [4.78, 5) is 24.9. The van der Waals surface area contributed by atoms with E-state index >= 15 is 0 Å². The fourth-order valence-corrected chi connectivity index (χ4v) is 3.84. The Labute approximate surface area is 191 Å². The average molecular weight is 454 g/mol. The fraction of sp³-hybridized carbons (Fsp3) is 0.304. The number of thioether (sulfide) groups is 1. The molecule has 1 heterocycles. The molecule has 0 fully saturated rings. The summed E-state index contributed by atoms with van der Waals surface area (Å²) in [5.74, 6) is 1.15. The molecule has 0 aliphatic heterocycles. The van der Waals surface area contributed by atoms with Gasteiger partial charge < -0.3 is 19.9 Å². The maximum atomic E-state index is 12.5. The molecule has 0 saturated carbocycles. The van der Waals surface area contributed by atoms with Gasteiger partial charge in [-0.2, -0.15) is 0 Å². The Balaban J connectivity index is 1.58. The smallest absolute Gasteiger partial charge is 0.251 e. The predicted octanol–water partition coefficient (Wildman–Crippen LogP) is 3.66. The number of carbonyl (C=O) groups excluding carboxylic acids is 2. The number of aromatic nitrogens is 3. The molecule has 0 aliphatic rings. The van der Waals surface area contributed by atoms with Crippen LogP contribution in [0.2, 0.25) is 0 Å². The van der Waals surface area contributed by atoms with Gasteiger partial charge in [-0.05, 0) is 62.2 Å². The lowest BCUT2D eigenvalue weighted by atomic mass is 10.1. The van der Waals surface area contributed by atoms with Crippen molar-refractivity contribution in [2.45, 2.75) is 32.0 Å². The Kier molecular flexibility index (Phi) is 7.53. The van der Waals surface area contributed by atoms with Crippen molar-refractivity contribution in [1.82, 2.24) is 20.1 Å². The van der Waals surface area contributed by atoms with Crippen LogP contribution in [-0.4, -0.2) is 39.4 Å². The topological polar surface area (TPSA) is 98.1 Å². The number of rotatable bonds is 8. The molecule has 168 valence electrons. The molecule has 3 aromatic rings. The number of ether oxygens (including phenoxy) is 1. The highest BCUT2D eigenvalue weighted by Gasteiger charge is 2.19. The molecule has 1 atom stereocenters. The van der Waals surface area contributed by atoms with Crippen LogP contribution in [0.15, 0.2) is 47.6 Å². The largest absolute Gasteiger partial charge is 0.497 e. The molecule has 1 aromatic heterocycles. The summed E-state index contributed by atoms with van der Waals surface area (Å²) in [7, 11) is 3.39. The van der Waals surface area contributed by atoms with Crippen LogP contribution in [0.5, 0.6) is 5.75 Å². The molecule has 32 heavy (non-hydrogen) atoms. The van der Waals surface area contributed by atoms with Crippen molar-refractivity contribution in [3.8, 4) is 5.75 Å². The summed E-state index contributed by atoms with van der Waals surface area (Å²) in [6, 6.07) is 12.3. The van der Waals surface area contributed by atoms with Crippen LogP contribution < -0.4 is 15.4 Å². The molecule has 0 bridgehead atoms. The van der Waals surface area contributed by atoms with Crippen LogP contribution in [0, 0.1) is 13.8 Å². The van der Waals surface area contributed by atoms with E-state index in [1.807, 2.05) is 46.0 Å². The molecule has 1 unspecified atom stereocenters. The van der Waals surface area contributed by atoms with Gasteiger partial charge in [0.25, 0.3) is 5.91 Å². The highest BCUT2D eigenvalue weighted by Crippen LogP contribution is 2.22. The van der Waals surface area contributed by atoms with Crippen LogP contribution in [-0.2, 0) is 11.8 Å². The van der Waals surface area contributed by atoms with Gasteiger partial charge >= 0.3 is 0 Å². The van der Waals surface area contributed by atoms with E-state index in [2.05, 4.69) is 20.8 Å². The first-order valence-electron chi connectivity index (χ1n) is 10.1. The second-order valence-corrected chi connectivity index (χ2v) is 8.35. The number of nitrogens with one attached hydrogen (secondary N) is 2. The lowest BCUT2D eigenvalue weighted by Gasteiger charge is -2.14. The first-order chi connectivity index (χ1) is 15.3. The minimum absolute atomic E-state index is 0.117. The molecular weight excluding hydrogens is 426 g/mol. The zero-order valence-corrected chi connectivity index (χ0v) is 19.6. The van der Waals surface area contributed by atoms with Gasteiger partial charge in [-0.25, -0.2) is 0 Å². The van der Waals surface area contributed by atoms with Gasteiger partial charge in [0, 0.05) is 18.3 Å². The van der Waals surface area contributed by atoms with Crippen LogP contribution in [0.4, 0.5) is 5.69 Å². The number of hydrogen-bond acceptors (Lipinski definition) is 6. The molecule has 3 rings (SSSR count). The maximum absolute atomic E-state index is 12.5. The molecule has 2 amide bonds. The molecule has 0 radical (unpaired) electrons. The number of carbonyl (C=O) groups is 2. The third-order valence-electron chi connectivity index (χ3n) is 5.17. The quantitative estimate of drug-likeness (QED) is 0.505. The van der Waals surface area contributed by atoms with Gasteiger partial charge in [0.05, 0.1) is 18.9 Å². The number of amides is 2. The standard InChI is InChI=1S/C23H27N5O3S/c1-14-7-6-8-19(15(14)2)25-20(29)13-32-23-27-26-21(28(23)4)16(3)24-22(30)17-9-11-18(31-5)12-10-17/h6-12,16H,13H2,1-5H3,(H,24,30)(H,25,29). The highest BCUT2D eigenvalue weighted by atomic mass is 32.2. The minimum atomic E-state index is -0.361. The summed E-state index contributed by atoms with van der Waals surface area (Å²) in [5.41, 5.74) is 3.51. The van der Waals surface area contributed by atoms with Crippen molar-refractivity contribution in [2.24, 2.45) is 7.05 Å².